The van der Waals surface area contributed by atoms with Crippen LogP contribution >= 0.6 is 0 Å². The third-order valence-electron chi connectivity index (χ3n) is 8.91. The molecule has 3 aliphatic rings. The summed E-state index contributed by atoms with van der Waals surface area (Å²) in [6.07, 6.45) is 14.7. The topological polar surface area (TPSA) is 30.7 Å². The Bertz CT molecular complexity index is 1050. The fourth-order valence-corrected chi connectivity index (χ4v) is 7.16. The van der Waals surface area contributed by atoms with Gasteiger partial charge in [0.2, 0.25) is 0 Å². The van der Waals surface area contributed by atoms with E-state index < -0.39 is 0 Å². The molecule has 0 radical (unpaired) electrons. The molecule has 0 N–H and O–H groups in total. The molecule has 4 atom stereocenters. The van der Waals surface area contributed by atoms with Crippen molar-refractivity contribution in [1.82, 2.24) is 15.0 Å². The summed E-state index contributed by atoms with van der Waals surface area (Å²) in [4.78, 5) is 0. The molecule has 0 amide bonds. The molecule has 2 aromatic rings. The Morgan fingerprint density at radius 3 is 2.69 bits per heavy atom. The van der Waals surface area contributed by atoms with Crippen LogP contribution in [0.5, 0.6) is 0 Å². The Morgan fingerprint density at radius 1 is 1.16 bits per heavy atom. The van der Waals surface area contributed by atoms with Gasteiger partial charge in [0.1, 0.15) is 11.5 Å². The van der Waals surface area contributed by atoms with E-state index in [2.05, 4.69) is 50.2 Å². The standard InChI is InChI=1S/C28H36FN3/c1-19(2)21-8-12-24-22(16-21)9-13-26-27(3,14-5-15-28(24,26)4)18-32-17-25(30-31-32)20-6-10-23(29)11-7-20/h6-7,9-11,16-17,19,24,26H,5,8,12-15,18H2,1-4H3/t24?,26?,27-,28+/m0/s1. The van der Waals surface area contributed by atoms with Crippen LogP contribution in [0.25, 0.3) is 11.3 Å². The Morgan fingerprint density at radius 2 is 1.94 bits per heavy atom. The third kappa shape index (κ3) is 3.66. The van der Waals surface area contributed by atoms with Crippen molar-refractivity contribution < 1.29 is 4.39 Å². The molecule has 1 aromatic heterocycles. The van der Waals surface area contributed by atoms with Crippen molar-refractivity contribution in [2.24, 2.45) is 28.6 Å². The first-order valence-corrected chi connectivity index (χ1v) is 12.4. The Kier molecular flexibility index (Phi) is 5.38. The zero-order valence-electron chi connectivity index (χ0n) is 19.9. The fraction of sp³-hybridized carbons (Fsp3) is 0.571. The van der Waals surface area contributed by atoms with E-state index in [1.165, 1.54) is 50.7 Å². The Labute approximate surface area is 191 Å². The smallest absolute Gasteiger partial charge is 0.123 e. The zero-order chi connectivity index (χ0) is 22.5. The van der Waals surface area contributed by atoms with Crippen molar-refractivity contribution in [2.75, 3.05) is 0 Å². The first-order chi connectivity index (χ1) is 15.3. The minimum atomic E-state index is -0.224. The number of fused-ring (bicyclic) bond motifs is 3. The van der Waals surface area contributed by atoms with E-state index in [1.807, 2.05) is 10.9 Å². The van der Waals surface area contributed by atoms with E-state index in [0.29, 0.717) is 23.2 Å². The Balaban J connectivity index is 1.41. The van der Waals surface area contributed by atoms with Crippen molar-refractivity contribution in [3.05, 3.63) is 59.6 Å². The van der Waals surface area contributed by atoms with Gasteiger partial charge >= 0.3 is 0 Å². The molecule has 170 valence electrons. The average Bonchev–Trinajstić information content (AvgIpc) is 3.21. The summed E-state index contributed by atoms with van der Waals surface area (Å²) in [6, 6.07) is 6.52. The number of benzene rings is 1. The first-order valence-electron chi connectivity index (χ1n) is 12.4. The summed E-state index contributed by atoms with van der Waals surface area (Å²) < 4.78 is 15.3. The fourth-order valence-electron chi connectivity index (χ4n) is 7.16. The lowest BCUT2D eigenvalue weighted by atomic mass is 9.47. The summed E-state index contributed by atoms with van der Waals surface area (Å²) in [6.45, 7) is 10.6. The van der Waals surface area contributed by atoms with Crippen LogP contribution in [0.15, 0.2) is 53.8 Å². The van der Waals surface area contributed by atoms with Crippen molar-refractivity contribution in [3.63, 3.8) is 0 Å². The molecule has 0 spiro atoms. The number of halogens is 1. The number of allylic oxidation sites excluding steroid dienone is 4. The van der Waals surface area contributed by atoms with Crippen LogP contribution in [0.1, 0.15) is 66.2 Å². The van der Waals surface area contributed by atoms with Crippen molar-refractivity contribution in [3.8, 4) is 11.3 Å². The second-order valence-corrected chi connectivity index (χ2v) is 11.3. The second kappa shape index (κ2) is 7.97. The lowest BCUT2D eigenvalue weighted by molar-refractivity contribution is -0.0588. The molecule has 3 nitrogen and oxygen atoms in total. The lowest BCUT2D eigenvalue weighted by Gasteiger charge is -2.58. The molecule has 0 bridgehead atoms. The van der Waals surface area contributed by atoms with Gasteiger partial charge in [0, 0.05) is 12.1 Å². The summed E-state index contributed by atoms with van der Waals surface area (Å²) in [5.74, 6) is 1.78. The molecule has 4 heteroatoms. The van der Waals surface area contributed by atoms with Gasteiger partial charge in [-0.1, -0.05) is 57.1 Å². The van der Waals surface area contributed by atoms with Gasteiger partial charge < -0.3 is 0 Å². The van der Waals surface area contributed by atoms with Crippen LogP contribution in [0, 0.1) is 34.4 Å². The lowest BCUT2D eigenvalue weighted by Crippen LogP contribution is -2.51. The highest BCUT2D eigenvalue weighted by Crippen LogP contribution is 2.62. The second-order valence-electron chi connectivity index (χ2n) is 11.3. The maximum atomic E-state index is 13.3. The minimum absolute atomic E-state index is 0.199. The maximum Gasteiger partial charge on any atom is 0.123 e. The molecule has 5 rings (SSSR count). The molecule has 1 fully saturated rings. The van der Waals surface area contributed by atoms with Gasteiger partial charge in [-0.2, -0.15) is 0 Å². The molecule has 1 saturated carbocycles. The van der Waals surface area contributed by atoms with E-state index in [1.54, 1.807) is 23.3 Å². The molecular weight excluding hydrogens is 397 g/mol. The molecule has 2 unspecified atom stereocenters. The maximum absolute atomic E-state index is 13.3. The predicted molar refractivity (Wildman–Crippen MR) is 127 cm³/mol. The Hall–Kier alpha value is -2.23. The molecule has 1 heterocycles. The van der Waals surface area contributed by atoms with Crippen LogP contribution in [0.3, 0.4) is 0 Å². The highest BCUT2D eigenvalue weighted by Gasteiger charge is 2.54. The van der Waals surface area contributed by atoms with Gasteiger partial charge in [-0.25, -0.2) is 4.39 Å². The van der Waals surface area contributed by atoms with Crippen LogP contribution in [0.4, 0.5) is 4.39 Å². The van der Waals surface area contributed by atoms with Crippen LogP contribution in [0.2, 0.25) is 0 Å². The number of nitrogens with zero attached hydrogens (tertiary/aromatic N) is 3. The number of hydrogen-bond acceptors (Lipinski definition) is 2. The molecule has 1 aromatic carbocycles. The van der Waals surface area contributed by atoms with Crippen LogP contribution in [-0.2, 0) is 6.54 Å². The summed E-state index contributed by atoms with van der Waals surface area (Å²) >= 11 is 0. The highest BCUT2D eigenvalue weighted by atomic mass is 19.1. The summed E-state index contributed by atoms with van der Waals surface area (Å²) in [5.41, 5.74) is 5.53. The van der Waals surface area contributed by atoms with Crippen molar-refractivity contribution in [1.29, 1.82) is 0 Å². The van der Waals surface area contributed by atoms with Gasteiger partial charge in [0.05, 0.1) is 6.20 Å². The SMILES string of the molecule is CC(C)C1=CC2=CCC3[C@](C)(Cn4cc(-c5ccc(F)cc5)nn4)CCC[C@]3(C)C2CC1. The predicted octanol–water partition coefficient (Wildman–Crippen LogP) is 7.22. The number of aromatic nitrogens is 3. The molecule has 0 aliphatic heterocycles. The summed E-state index contributed by atoms with van der Waals surface area (Å²) in [7, 11) is 0. The molecule has 32 heavy (non-hydrogen) atoms. The quantitative estimate of drug-likeness (QED) is 0.509. The summed E-state index contributed by atoms with van der Waals surface area (Å²) in [5, 5.41) is 8.87. The van der Waals surface area contributed by atoms with E-state index in [9.17, 15) is 4.39 Å². The third-order valence-corrected chi connectivity index (χ3v) is 8.91. The van der Waals surface area contributed by atoms with Crippen LogP contribution in [-0.4, -0.2) is 15.0 Å². The van der Waals surface area contributed by atoms with Gasteiger partial charge in [-0.15, -0.1) is 5.10 Å². The molecule has 0 saturated heterocycles. The monoisotopic (exact) mass is 433 g/mol. The molecular formula is C28H36FN3. The van der Waals surface area contributed by atoms with E-state index in [-0.39, 0.29) is 11.2 Å². The van der Waals surface area contributed by atoms with Crippen LogP contribution < -0.4 is 0 Å². The number of hydrogen-bond donors (Lipinski definition) is 0. The zero-order valence-corrected chi connectivity index (χ0v) is 19.9. The average molecular weight is 434 g/mol. The van der Waals surface area contributed by atoms with Gasteiger partial charge in [-0.05, 0) is 90.5 Å². The van der Waals surface area contributed by atoms with E-state index in [0.717, 1.165) is 17.8 Å². The molecule has 3 aliphatic carbocycles. The normalized spacial score (nSPS) is 32.2. The van der Waals surface area contributed by atoms with E-state index >= 15 is 0 Å². The van der Waals surface area contributed by atoms with Gasteiger partial charge in [0.15, 0.2) is 0 Å². The highest BCUT2D eigenvalue weighted by molar-refractivity contribution is 5.57. The van der Waals surface area contributed by atoms with Crippen molar-refractivity contribution in [2.45, 2.75) is 72.8 Å². The van der Waals surface area contributed by atoms with Crippen molar-refractivity contribution >= 4 is 0 Å². The van der Waals surface area contributed by atoms with Gasteiger partial charge in [0.25, 0.3) is 0 Å². The van der Waals surface area contributed by atoms with Gasteiger partial charge in [-0.3, -0.25) is 4.68 Å². The first kappa shape index (κ1) is 21.6. The number of rotatable bonds is 4. The van der Waals surface area contributed by atoms with E-state index in [4.69, 9.17) is 0 Å². The largest absolute Gasteiger partial charge is 0.251 e. The minimum Gasteiger partial charge on any atom is -0.251 e.